The maximum absolute atomic E-state index is 12.3. The Labute approximate surface area is 111 Å². The molecule has 1 N–H and O–H groups in total. The van der Waals surface area contributed by atoms with Crippen LogP contribution in [0.15, 0.2) is 0 Å². The van der Waals surface area contributed by atoms with Gasteiger partial charge in [0.1, 0.15) is 0 Å². The van der Waals surface area contributed by atoms with Crippen LogP contribution in [0.25, 0.3) is 0 Å². The number of carbonyl (C=O) groups is 2. The molecule has 6 nitrogen and oxygen atoms in total. The molecule has 0 aromatic carbocycles. The largest absolute Gasteiger partial charge is 0.459 e. The van der Waals surface area contributed by atoms with Crippen LogP contribution in [0.1, 0.15) is 25.7 Å². The minimum Gasteiger partial charge on any atom is -0.459 e. The van der Waals surface area contributed by atoms with Gasteiger partial charge in [0, 0.05) is 6.42 Å². The molecule has 0 atom stereocenters. The lowest BCUT2D eigenvalue weighted by Crippen LogP contribution is -2.25. The summed E-state index contributed by atoms with van der Waals surface area (Å²) in [4.78, 5) is 18.4. The van der Waals surface area contributed by atoms with E-state index < -0.39 is 26.0 Å². The molecule has 0 fully saturated rings. The van der Waals surface area contributed by atoms with Gasteiger partial charge in [-0.15, -0.1) is 0 Å². The average molecular weight is 353 g/mol. The molecule has 0 radical (unpaired) electrons. The van der Waals surface area contributed by atoms with E-state index in [1.807, 2.05) is 0 Å². The summed E-state index contributed by atoms with van der Waals surface area (Å²) in [7, 11) is -5.09. The normalized spacial score (nSPS) is 12.2. The van der Waals surface area contributed by atoms with Crippen LogP contribution in [0.5, 0.6) is 0 Å². The van der Waals surface area contributed by atoms with Gasteiger partial charge in [0.25, 0.3) is 0 Å². The van der Waals surface area contributed by atoms with Crippen molar-refractivity contribution in [2.24, 2.45) is 0 Å². The molecule has 0 aliphatic rings. The molecule has 0 bridgehead atoms. The molecular formula is C8H11BrF2O6S. The number of hydrogen-bond acceptors (Lipinski definition) is 5. The smallest absolute Gasteiger partial charge is 0.393 e. The van der Waals surface area contributed by atoms with E-state index in [1.54, 1.807) is 0 Å². The maximum atomic E-state index is 12.3. The number of alkyl halides is 3. The predicted molar refractivity (Wildman–Crippen MR) is 59.9 cm³/mol. The quantitative estimate of drug-likeness (QED) is 0.255. The van der Waals surface area contributed by atoms with Gasteiger partial charge >= 0.3 is 26.0 Å². The molecule has 0 aliphatic carbocycles. The van der Waals surface area contributed by atoms with E-state index >= 15 is 0 Å². The van der Waals surface area contributed by atoms with Crippen LogP contribution < -0.4 is 0 Å². The Morgan fingerprint density at radius 2 is 1.78 bits per heavy atom. The van der Waals surface area contributed by atoms with Crippen molar-refractivity contribution in [1.29, 1.82) is 0 Å². The second-order valence-corrected chi connectivity index (χ2v) is 5.81. The van der Waals surface area contributed by atoms with Crippen molar-refractivity contribution in [2.75, 3.05) is 6.61 Å². The molecule has 18 heavy (non-hydrogen) atoms. The van der Waals surface area contributed by atoms with Crippen molar-refractivity contribution in [3.05, 3.63) is 0 Å². The van der Waals surface area contributed by atoms with Crippen LogP contribution in [0.3, 0.4) is 0 Å². The van der Waals surface area contributed by atoms with Crippen LogP contribution in [0, 0.1) is 0 Å². The Morgan fingerprint density at radius 1 is 1.22 bits per heavy atom. The zero-order valence-corrected chi connectivity index (χ0v) is 11.5. The first-order chi connectivity index (χ1) is 8.04. The topological polar surface area (TPSA) is 97.7 Å². The van der Waals surface area contributed by atoms with Gasteiger partial charge in [-0.25, -0.2) is 4.79 Å². The molecule has 106 valence electrons. The van der Waals surface area contributed by atoms with Crippen LogP contribution in [-0.4, -0.2) is 35.5 Å². The zero-order valence-electron chi connectivity index (χ0n) is 9.07. The van der Waals surface area contributed by atoms with Crippen LogP contribution >= 0.6 is 15.9 Å². The Bertz CT molecular complexity index is 402. The molecule has 0 rings (SSSR count). The SMILES string of the molecule is O=C(OCCCCCC(F)(F)Br)C(=O)S(=O)(=O)O. The summed E-state index contributed by atoms with van der Waals surface area (Å²) >= 11 is 2.15. The van der Waals surface area contributed by atoms with Gasteiger partial charge < -0.3 is 4.74 Å². The lowest BCUT2D eigenvalue weighted by molar-refractivity contribution is -0.150. The fraction of sp³-hybridized carbons (Fsp3) is 0.750. The molecule has 0 unspecified atom stereocenters. The standard InChI is InChI=1S/C8H11BrF2O6S/c9-8(10,11)4-2-1-3-5-17-6(12)7(13)18(14,15)16/h1-5H2,(H,14,15,16). The summed E-state index contributed by atoms with van der Waals surface area (Å²) in [6, 6.07) is 0. The molecule has 0 saturated carbocycles. The minimum atomic E-state index is -5.09. The van der Waals surface area contributed by atoms with Gasteiger partial charge in [-0.05, 0) is 35.2 Å². The third-order valence-corrected chi connectivity index (χ3v) is 2.77. The number of halogens is 3. The predicted octanol–water partition coefficient (Wildman–Crippen LogP) is 1.49. The molecular weight excluding hydrogens is 342 g/mol. The highest BCUT2D eigenvalue weighted by atomic mass is 79.9. The molecule has 10 heteroatoms. The summed E-state index contributed by atoms with van der Waals surface area (Å²) in [6.07, 6.45) is 0.301. The van der Waals surface area contributed by atoms with Crippen molar-refractivity contribution in [3.63, 3.8) is 0 Å². The molecule has 0 amide bonds. The number of carbonyl (C=O) groups excluding carboxylic acids is 2. The first-order valence-electron chi connectivity index (χ1n) is 4.79. The van der Waals surface area contributed by atoms with Crippen molar-refractivity contribution < 1.29 is 36.1 Å². The maximum Gasteiger partial charge on any atom is 0.393 e. The van der Waals surface area contributed by atoms with Gasteiger partial charge in [-0.1, -0.05) is 0 Å². The average Bonchev–Trinajstić information content (AvgIpc) is 2.18. The zero-order chi connectivity index (χ0) is 14.4. The third-order valence-electron chi connectivity index (χ3n) is 1.74. The second kappa shape index (κ2) is 7.10. The Morgan fingerprint density at radius 3 is 2.22 bits per heavy atom. The number of ether oxygens (including phenoxy) is 1. The van der Waals surface area contributed by atoms with Crippen LogP contribution in [0.4, 0.5) is 8.78 Å². The summed E-state index contributed by atoms with van der Waals surface area (Å²) in [6.45, 7) is -0.284. The number of hydrogen-bond donors (Lipinski definition) is 1. The fourth-order valence-electron chi connectivity index (χ4n) is 0.933. The summed E-state index contributed by atoms with van der Waals surface area (Å²) in [5.74, 6) is -1.69. The van der Waals surface area contributed by atoms with E-state index in [0.29, 0.717) is 6.42 Å². The number of unbranched alkanes of at least 4 members (excludes halogenated alkanes) is 2. The van der Waals surface area contributed by atoms with E-state index in [2.05, 4.69) is 20.7 Å². The Balaban J connectivity index is 3.75. The van der Waals surface area contributed by atoms with E-state index in [0.717, 1.165) is 0 Å². The highest BCUT2D eigenvalue weighted by Gasteiger charge is 2.29. The summed E-state index contributed by atoms with van der Waals surface area (Å²) in [5, 5.41) is -2.05. The van der Waals surface area contributed by atoms with Crippen molar-refractivity contribution >= 4 is 37.1 Å². The van der Waals surface area contributed by atoms with E-state index in [4.69, 9.17) is 4.55 Å². The lowest BCUT2D eigenvalue weighted by Gasteiger charge is -2.07. The highest BCUT2D eigenvalue weighted by molar-refractivity contribution is 9.09. The first-order valence-corrected chi connectivity index (χ1v) is 7.02. The van der Waals surface area contributed by atoms with E-state index in [9.17, 15) is 26.8 Å². The van der Waals surface area contributed by atoms with E-state index in [1.165, 1.54) is 0 Å². The van der Waals surface area contributed by atoms with Crippen molar-refractivity contribution in [3.8, 4) is 0 Å². The summed E-state index contributed by atoms with van der Waals surface area (Å²) < 4.78 is 57.5. The summed E-state index contributed by atoms with van der Waals surface area (Å²) in [5.41, 5.74) is 0. The van der Waals surface area contributed by atoms with Crippen LogP contribution in [0.2, 0.25) is 0 Å². The molecule has 0 aliphatic heterocycles. The second-order valence-electron chi connectivity index (χ2n) is 3.32. The number of esters is 1. The lowest BCUT2D eigenvalue weighted by atomic mass is 10.2. The molecule has 0 heterocycles. The van der Waals surface area contributed by atoms with Gasteiger partial charge in [0.15, 0.2) is 0 Å². The highest BCUT2D eigenvalue weighted by Crippen LogP contribution is 2.28. The third kappa shape index (κ3) is 8.48. The van der Waals surface area contributed by atoms with Crippen LogP contribution in [-0.2, 0) is 24.4 Å². The molecule has 0 spiro atoms. The number of rotatable bonds is 6. The minimum absolute atomic E-state index is 0.169. The molecule has 0 aromatic heterocycles. The first kappa shape index (κ1) is 17.4. The monoisotopic (exact) mass is 352 g/mol. The molecule has 0 aromatic rings. The van der Waals surface area contributed by atoms with E-state index in [-0.39, 0.29) is 25.9 Å². The van der Waals surface area contributed by atoms with Crippen molar-refractivity contribution in [1.82, 2.24) is 0 Å². The molecule has 0 saturated heterocycles. The Kier molecular flexibility index (Phi) is 6.86. The van der Waals surface area contributed by atoms with Gasteiger partial charge in [-0.2, -0.15) is 17.2 Å². The van der Waals surface area contributed by atoms with Gasteiger partial charge in [0.2, 0.25) is 0 Å². The Hall–Kier alpha value is -0.610. The fourth-order valence-corrected chi connectivity index (χ4v) is 1.48. The van der Waals surface area contributed by atoms with Gasteiger partial charge in [0.05, 0.1) is 6.61 Å². The van der Waals surface area contributed by atoms with Gasteiger partial charge in [-0.3, -0.25) is 9.35 Å². The van der Waals surface area contributed by atoms with Crippen molar-refractivity contribution in [2.45, 2.75) is 30.5 Å².